The van der Waals surface area contributed by atoms with Gasteiger partial charge < -0.3 is 4.74 Å². The number of aliphatic imine (C=N–C) groups is 1. The summed E-state index contributed by atoms with van der Waals surface area (Å²) in [5.74, 6) is 0.000204. The van der Waals surface area contributed by atoms with E-state index in [0.29, 0.717) is 30.0 Å². The summed E-state index contributed by atoms with van der Waals surface area (Å²) >= 11 is 6.03. The lowest BCUT2D eigenvalue weighted by atomic mass is 9.69. The van der Waals surface area contributed by atoms with Gasteiger partial charge in [-0.3, -0.25) is 9.79 Å². The summed E-state index contributed by atoms with van der Waals surface area (Å²) in [6.07, 6.45) is 1.08. The zero-order valence-electron chi connectivity index (χ0n) is 17.1. The number of Topliss-reactive ketones (excluding diaryl/α,β-unsaturated/α-hetero) is 1. The first kappa shape index (κ1) is 20.4. The van der Waals surface area contributed by atoms with Crippen LogP contribution < -0.4 is 4.74 Å². The Kier molecular flexibility index (Phi) is 5.74. The second-order valence-corrected chi connectivity index (χ2v) is 8.19. The van der Waals surface area contributed by atoms with Crippen LogP contribution >= 0.6 is 11.6 Å². The Morgan fingerprint density at radius 2 is 1.90 bits per heavy atom. The smallest absolute Gasteiger partial charge is 0.161 e. The van der Waals surface area contributed by atoms with Gasteiger partial charge in [0.15, 0.2) is 5.78 Å². The van der Waals surface area contributed by atoms with Gasteiger partial charge in [-0.15, -0.1) is 0 Å². The molecule has 5 heteroatoms. The van der Waals surface area contributed by atoms with E-state index in [4.69, 9.17) is 21.3 Å². The van der Waals surface area contributed by atoms with E-state index in [2.05, 4.69) is 6.07 Å². The molecule has 0 saturated heterocycles. The van der Waals surface area contributed by atoms with E-state index in [1.807, 2.05) is 62.4 Å². The minimum atomic E-state index is -0.485. The lowest BCUT2D eigenvalue weighted by molar-refractivity contribution is -0.116. The first-order valence-electron chi connectivity index (χ1n) is 10.2. The molecule has 0 fully saturated rings. The SMILES string of the molecule is CCOc1ccccc1C1C2=C(CC(c3ccc(Cl)cc3)CC2=O)N=C(C)C1C#N. The molecule has 0 amide bonds. The molecule has 0 saturated carbocycles. The number of para-hydroxylation sites is 1. The molecular formula is C25H23ClN2O2. The summed E-state index contributed by atoms with van der Waals surface area (Å²) < 4.78 is 5.84. The van der Waals surface area contributed by atoms with Crippen LogP contribution in [0, 0.1) is 17.2 Å². The molecule has 4 rings (SSSR count). The number of halogens is 1. The normalized spacial score (nSPS) is 23.5. The number of ketones is 1. The summed E-state index contributed by atoms with van der Waals surface area (Å²) in [7, 11) is 0. The second-order valence-electron chi connectivity index (χ2n) is 7.75. The predicted octanol–water partition coefficient (Wildman–Crippen LogP) is 5.84. The molecule has 2 aromatic rings. The average Bonchev–Trinajstić information content (AvgIpc) is 2.74. The summed E-state index contributed by atoms with van der Waals surface area (Å²) in [5.41, 5.74) is 4.18. The Morgan fingerprint density at radius 3 is 2.60 bits per heavy atom. The van der Waals surface area contributed by atoms with Crippen LogP contribution in [0.4, 0.5) is 0 Å². The van der Waals surface area contributed by atoms with E-state index in [1.54, 1.807) is 0 Å². The summed E-state index contributed by atoms with van der Waals surface area (Å²) in [5, 5.41) is 10.6. The number of nitriles is 1. The van der Waals surface area contributed by atoms with Crippen molar-refractivity contribution in [1.29, 1.82) is 5.26 Å². The standard InChI is InChI=1S/C25H23ClN2O2/c1-3-30-23-7-5-4-6-19(23)24-20(14-27)15(2)28-21-12-17(13-22(29)25(21)24)16-8-10-18(26)11-9-16/h4-11,17,20,24H,3,12-13H2,1-2H3. The first-order valence-corrected chi connectivity index (χ1v) is 10.6. The topological polar surface area (TPSA) is 62.4 Å². The summed E-state index contributed by atoms with van der Waals surface area (Å²) in [4.78, 5) is 18.1. The quantitative estimate of drug-likeness (QED) is 0.626. The maximum Gasteiger partial charge on any atom is 0.161 e. The van der Waals surface area contributed by atoms with Crippen LogP contribution in [0.15, 0.2) is 64.8 Å². The van der Waals surface area contributed by atoms with Crippen LogP contribution in [0.5, 0.6) is 5.75 Å². The zero-order chi connectivity index (χ0) is 21.3. The number of nitrogens with zero attached hydrogens (tertiary/aromatic N) is 2. The molecule has 1 heterocycles. The van der Waals surface area contributed by atoms with Crippen molar-refractivity contribution in [3.8, 4) is 11.8 Å². The van der Waals surface area contributed by atoms with Crippen LogP contribution in [-0.4, -0.2) is 18.1 Å². The minimum Gasteiger partial charge on any atom is -0.494 e. The van der Waals surface area contributed by atoms with Gasteiger partial charge in [-0.05, 0) is 49.9 Å². The van der Waals surface area contributed by atoms with Crippen molar-refractivity contribution in [2.24, 2.45) is 10.9 Å². The Balaban J connectivity index is 1.80. The fourth-order valence-corrected chi connectivity index (χ4v) is 4.68. The van der Waals surface area contributed by atoms with Gasteiger partial charge in [-0.25, -0.2) is 0 Å². The molecule has 0 bridgehead atoms. The van der Waals surface area contributed by atoms with Crippen LogP contribution in [0.1, 0.15) is 49.7 Å². The third-order valence-electron chi connectivity index (χ3n) is 5.92. The van der Waals surface area contributed by atoms with E-state index in [9.17, 15) is 10.1 Å². The highest BCUT2D eigenvalue weighted by Crippen LogP contribution is 2.48. The van der Waals surface area contributed by atoms with Gasteiger partial charge in [-0.1, -0.05) is 41.9 Å². The Bertz CT molecular complexity index is 1080. The molecule has 2 aromatic carbocycles. The van der Waals surface area contributed by atoms with Gasteiger partial charge in [0, 0.05) is 39.9 Å². The fourth-order valence-electron chi connectivity index (χ4n) is 4.56. The Labute approximate surface area is 181 Å². The van der Waals surface area contributed by atoms with E-state index < -0.39 is 5.92 Å². The molecule has 1 aliphatic carbocycles. The highest BCUT2D eigenvalue weighted by Gasteiger charge is 2.42. The van der Waals surface area contributed by atoms with Crippen molar-refractivity contribution in [3.05, 3.63) is 76.0 Å². The van der Waals surface area contributed by atoms with Gasteiger partial charge in [0.1, 0.15) is 5.75 Å². The predicted molar refractivity (Wildman–Crippen MR) is 118 cm³/mol. The van der Waals surface area contributed by atoms with Crippen molar-refractivity contribution in [3.63, 3.8) is 0 Å². The molecule has 0 spiro atoms. The van der Waals surface area contributed by atoms with Crippen molar-refractivity contribution < 1.29 is 9.53 Å². The third kappa shape index (κ3) is 3.66. The van der Waals surface area contributed by atoms with E-state index in [1.165, 1.54) is 0 Å². The number of benzene rings is 2. The van der Waals surface area contributed by atoms with E-state index >= 15 is 0 Å². The lowest BCUT2D eigenvalue weighted by Crippen LogP contribution is -2.32. The summed E-state index contributed by atoms with van der Waals surface area (Å²) in [6, 6.07) is 17.8. The number of carbonyl (C=O) groups is 1. The van der Waals surface area contributed by atoms with E-state index in [-0.39, 0.29) is 17.6 Å². The molecule has 1 aliphatic heterocycles. The van der Waals surface area contributed by atoms with Crippen molar-refractivity contribution in [1.82, 2.24) is 0 Å². The molecule has 3 atom stereocenters. The maximum atomic E-state index is 13.4. The highest BCUT2D eigenvalue weighted by atomic mass is 35.5. The molecule has 0 N–H and O–H groups in total. The van der Waals surface area contributed by atoms with Crippen LogP contribution in [0.25, 0.3) is 0 Å². The summed E-state index contributed by atoms with van der Waals surface area (Å²) in [6.45, 7) is 4.33. The molecule has 3 unspecified atom stereocenters. The number of rotatable bonds is 4. The number of carbonyl (C=O) groups excluding carboxylic acids is 1. The molecule has 2 aliphatic rings. The Hall–Kier alpha value is -2.90. The molecule has 4 nitrogen and oxygen atoms in total. The molecule has 0 radical (unpaired) electrons. The second kappa shape index (κ2) is 8.45. The van der Waals surface area contributed by atoms with Gasteiger partial charge >= 0.3 is 0 Å². The van der Waals surface area contributed by atoms with Crippen molar-refractivity contribution >= 4 is 23.1 Å². The van der Waals surface area contributed by atoms with Gasteiger partial charge in [0.25, 0.3) is 0 Å². The van der Waals surface area contributed by atoms with Crippen LogP contribution in [-0.2, 0) is 4.79 Å². The van der Waals surface area contributed by atoms with E-state index in [0.717, 1.165) is 28.3 Å². The zero-order valence-corrected chi connectivity index (χ0v) is 17.8. The van der Waals surface area contributed by atoms with Crippen LogP contribution in [0.3, 0.4) is 0 Å². The lowest BCUT2D eigenvalue weighted by Gasteiger charge is -2.35. The first-order chi connectivity index (χ1) is 14.5. The molecule has 0 aromatic heterocycles. The molecule has 152 valence electrons. The highest BCUT2D eigenvalue weighted by molar-refractivity contribution is 6.30. The molecular weight excluding hydrogens is 396 g/mol. The largest absolute Gasteiger partial charge is 0.494 e. The van der Waals surface area contributed by atoms with Gasteiger partial charge in [0.05, 0.1) is 18.6 Å². The number of allylic oxidation sites excluding steroid dienone is 2. The minimum absolute atomic E-state index is 0.0593. The molecule has 30 heavy (non-hydrogen) atoms. The monoisotopic (exact) mass is 418 g/mol. The van der Waals surface area contributed by atoms with Crippen LogP contribution in [0.2, 0.25) is 5.02 Å². The average molecular weight is 419 g/mol. The van der Waals surface area contributed by atoms with Gasteiger partial charge in [0.2, 0.25) is 0 Å². The number of ether oxygens (including phenoxy) is 1. The number of hydrogen-bond donors (Lipinski definition) is 0. The number of hydrogen-bond acceptors (Lipinski definition) is 4. The fraction of sp³-hybridized carbons (Fsp3) is 0.320. The van der Waals surface area contributed by atoms with Gasteiger partial charge in [-0.2, -0.15) is 5.26 Å². The third-order valence-corrected chi connectivity index (χ3v) is 6.17. The maximum absolute atomic E-state index is 13.4. The van der Waals surface area contributed by atoms with Crippen molar-refractivity contribution in [2.75, 3.05) is 6.61 Å². The van der Waals surface area contributed by atoms with Crippen molar-refractivity contribution in [2.45, 2.75) is 38.5 Å². The Morgan fingerprint density at radius 1 is 1.17 bits per heavy atom.